The lowest BCUT2D eigenvalue weighted by Crippen LogP contribution is -2.03. The highest BCUT2D eigenvalue weighted by Crippen LogP contribution is 2.35. The summed E-state index contributed by atoms with van der Waals surface area (Å²) < 4.78 is 13.7. The Morgan fingerprint density at radius 3 is 2.71 bits per heavy atom. The summed E-state index contributed by atoms with van der Waals surface area (Å²) >= 11 is 4.90. The second-order valence-corrected chi connectivity index (χ2v) is 5.77. The van der Waals surface area contributed by atoms with Crippen LogP contribution in [0.4, 0.5) is 4.39 Å². The number of thiazole rings is 1. The van der Waals surface area contributed by atoms with E-state index in [0.717, 1.165) is 21.1 Å². The molecule has 2 nitrogen and oxygen atoms in total. The Labute approximate surface area is 112 Å². The Kier molecular flexibility index (Phi) is 3.61. The maximum absolute atomic E-state index is 13.0. The monoisotopic (exact) mass is 314 g/mol. The molecule has 1 aromatic heterocycles. The number of aryl methyl sites for hydroxylation is 1. The lowest BCUT2D eigenvalue weighted by molar-refractivity contribution is 0.627. The lowest BCUT2D eigenvalue weighted by atomic mass is 10.2. The van der Waals surface area contributed by atoms with Crippen molar-refractivity contribution in [1.82, 2.24) is 4.98 Å². The van der Waals surface area contributed by atoms with Crippen molar-refractivity contribution in [3.05, 3.63) is 39.1 Å². The Bertz CT molecular complexity index is 551. The van der Waals surface area contributed by atoms with Crippen LogP contribution in [0.3, 0.4) is 0 Å². The van der Waals surface area contributed by atoms with Crippen molar-refractivity contribution < 1.29 is 4.39 Å². The predicted octanol–water partition coefficient (Wildman–Crippen LogP) is 4.04. The molecule has 0 aliphatic carbocycles. The zero-order valence-corrected chi connectivity index (χ0v) is 11.9. The summed E-state index contributed by atoms with van der Waals surface area (Å²) in [7, 11) is 0. The molecule has 1 atom stereocenters. The summed E-state index contributed by atoms with van der Waals surface area (Å²) in [4.78, 5) is 5.54. The second-order valence-electron chi connectivity index (χ2n) is 3.88. The van der Waals surface area contributed by atoms with Crippen molar-refractivity contribution in [1.29, 1.82) is 0 Å². The van der Waals surface area contributed by atoms with Crippen molar-refractivity contribution in [2.24, 2.45) is 5.73 Å². The van der Waals surface area contributed by atoms with Gasteiger partial charge in [-0.1, -0.05) is 0 Å². The quantitative estimate of drug-likeness (QED) is 0.908. The van der Waals surface area contributed by atoms with Gasteiger partial charge in [-0.3, -0.25) is 0 Å². The molecule has 0 bridgehead atoms. The van der Waals surface area contributed by atoms with Crippen LogP contribution >= 0.6 is 27.3 Å². The first kappa shape index (κ1) is 12.7. The van der Waals surface area contributed by atoms with Gasteiger partial charge < -0.3 is 5.73 Å². The van der Waals surface area contributed by atoms with E-state index >= 15 is 0 Å². The molecule has 5 heteroatoms. The van der Waals surface area contributed by atoms with Crippen LogP contribution in [-0.4, -0.2) is 4.98 Å². The first-order valence-electron chi connectivity index (χ1n) is 5.17. The van der Waals surface area contributed by atoms with Crippen LogP contribution in [0.1, 0.15) is 23.5 Å². The molecule has 0 spiro atoms. The van der Waals surface area contributed by atoms with E-state index in [-0.39, 0.29) is 11.9 Å². The van der Waals surface area contributed by atoms with E-state index in [0.29, 0.717) is 4.47 Å². The van der Waals surface area contributed by atoms with Gasteiger partial charge in [0.05, 0.1) is 5.69 Å². The van der Waals surface area contributed by atoms with Gasteiger partial charge in [0.1, 0.15) is 10.8 Å². The molecule has 0 saturated heterocycles. The SMILES string of the molecule is Cc1nc(-c2ccc(F)cc2Br)sc1C(C)N. The van der Waals surface area contributed by atoms with Crippen LogP contribution in [0.15, 0.2) is 22.7 Å². The van der Waals surface area contributed by atoms with Gasteiger partial charge in [0.15, 0.2) is 0 Å². The summed E-state index contributed by atoms with van der Waals surface area (Å²) in [6, 6.07) is 4.57. The Morgan fingerprint density at radius 1 is 1.47 bits per heavy atom. The van der Waals surface area contributed by atoms with Gasteiger partial charge >= 0.3 is 0 Å². The molecule has 17 heavy (non-hydrogen) atoms. The molecule has 0 fully saturated rings. The van der Waals surface area contributed by atoms with E-state index < -0.39 is 0 Å². The van der Waals surface area contributed by atoms with Crippen LogP contribution in [0, 0.1) is 12.7 Å². The fraction of sp³-hybridized carbons (Fsp3) is 0.250. The zero-order chi connectivity index (χ0) is 12.6. The molecule has 1 aromatic carbocycles. The number of aromatic nitrogens is 1. The van der Waals surface area contributed by atoms with Crippen LogP contribution < -0.4 is 5.73 Å². The number of nitrogens with two attached hydrogens (primary N) is 1. The van der Waals surface area contributed by atoms with E-state index in [4.69, 9.17) is 5.73 Å². The highest BCUT2D eigenvalue weighted by Gasteiger charge is 2.14. The molecule has 90 valence electrons. The van der Waals surface area contributed by atoms with Crippen molar-refractivity contribution in [3.63, 3.8) is 0 Å². The maximum atomic E-state index is 13.0. The summed E-state index contributed by atoms with van der Waals surface area (Å²) in [6.07, 6.45) is 0. The van der Waals surface area contributed by atoms with Crippen molar-refractivity contribution in [2.45, 2.75) is 19.9 Å². The number of halogens is 2. The minimum Gasteiger partial charge on any atom is -0.323 e. The molecule has 2 N–H and O–H groups in total. The van der Waals surface area contributed by atoms with E-state index in [1.54, 1.807) is 17.4 Å². The molecule has 2 aromatic rings. The number of hydrogen-bond acceptors (Lipinski definition) is 3. The number of nitrogens with zero attached hydrogens (tertiary/aromatic N) is 1. The molecule has 0 radical (unpaired) electrons. The van der Waals surface area contributed by atoms with Crippen molar-refractivity contribution in [2.75, 3.05) is 0 Å². The summed E-state index contributed by atoms with van der Waals surface area (Å²) in [5, 5.41) is 0.863. The normalized spacial score (nSPS) is 12.8. The molecular formula is C12H12BrFN2S. The first-order chi connectivity index (χ1) is 7.99. The van der Waals surface area contributed by atoms with E-state index in [1.165, 1.54) is 12.1 Å². The standard InChI is InChI=1S/C12H12BrFN2S/c1-6(15)11-7(2)16-12(17-11)9-4-3-8(14)5-10(9)13/h3-6H,15H2,1-2H3. The first-order valence-corrected chi connectivity index (χ1v) is 6.78. The maximum Gasteiger partial charge on any atom is 0.125 e. The van der Waals surface area contributed by atoms with Crippen LogP contribution in [0.2, 0.25) is 0 Å². The Morgan fingerprint density at radius 2 is 2.18 bits per heavy atom. The van der Waals surface area contributed by atoms with Gasteiger partial charge in [0.25, 0.3) is 0 Å². The second kappa shape index (κ2) is 4.84. The average molecular weight is 315 g/mol. The zero-order valence-electron chi connectivity index (χ0n) is 9.50. The Hall–Kier alpha value is -0.780. The molecule has 0 saturated carbocycles. The van der Waals surface area contributed by atoms with E-state index in [9.17, 15) is 4.39 Å². The van der Waals surface area contributed by atoms with Gasteiger partial charge in [-0.25, -0.2) is 9.37 Å². The largest absolute Gasteiger partial charge is 0.323 e. The number of hydrogen-bond donors (Lipinski definition) is 1. The Balaban J connectivity index is 2.50. The van der Waals surface area contributed by atoms with E-state index in [1.807, 2.05) is 13.8 Å². The third-order valence-electron chi connectivity index (χ3n) is 2.41. The van der Waals surface area contributed by atoms with Gasteiger partial charge in [0.2, 0.25) is 0 Å². The minimum atomic E-state index is -0.263. The van der Waals surface area contributed by atoms with Gasteiger partial charge in [0, 0.05) is 21.0 Å². The molecular weight excluding hydrogens is 303 g/mol. The number of benzene rings is 1. The fourth-order valence-corrected chi connectivity index (χ4v) is 3.34. The molecule has 0 amide bonds. The van der Waals surface area contributed by atoms with Crippen LogP contribution in [-0.2, 0) is 0 Å². The summed E-state index contributed by atoms with van der Waals surface area (Å²) in [5.41, 5.74) is 7.70. The third-order valence-corrected chi connectivity index (χ3v) is 4.46. The van der Waals surface area contributed by atoms with E-state index in [2.05, 4.69) is 20.9 Å². The third kappa shape index (κ3) is 2.56. The molecule has 2 rings (SSSR count). The van der Waals surface area contributed by atoms with Gasteiger partial charge in [-0.2, -0.15) is 0 Å². The average Bonchev–Trinajstić information content (AvgIpc) is 2.60. The molecule has 1 unspecified atom stereocenters. The predicted molar refractivity (Wildman–Crippen MR) is 72.5 cm³/mol. The summed E-state index contributed by atoms with van der Waals surface area (Å²) in [6.45, 7) is 3.88. The smallest absolute Gasteiger partial charge is 0.125 e. The lowest BCUT2D eigenvalue weighted by Gasteiger charge is -2.01. The summed E-state index contributed by atoms with van der Waals surface area (Å²) in [5.74, 6) is -0.263. The molecule has 0 aliphatic heterocycles. The molecule has 1 heterocycles. The highest BCUT2D eigenvalue weighted by atomic mass is 79.9. The van der Waals surface area contributed by atoms with Crippen molar-refractivity contribution >= 4 is 27.3 Å². The van der Waals surface area contributed by atoms with Crippen LogP contribution in [0.5, 0.6) is 0 Å². The van der Waals surface area contributed by atoms with Gasteiger partial charge in [-0.05, 0) is 48.0 Å². The topological polar surface area (TPSA) is 38.9 Å². The fourth-order valence-electron chi connectivity index (χ4n) is 1.61. The van der Waals surface area contributed by atoms with Crippen LogP contribution in [0.25, 0.3) is 10.6 Å². The van der Waals surface area contributed by atoms with Gasteiger partial charge in [-0.15, -0.1) is 11.3 Å². The minimum absolute atomic E-state index is 0.0273. The highest BCUT2D eigenvalue weighted by molar-refractivity contribution is 9.10. The van der Waals surface area contributed by atoms with Crippen molar-refractivity contribution in [3.8, 4) is 10.6 Å². The number of rotatable bonds is 2. The molecule has 0 aliphatic rings.